The van der Waals surface area contributed by atoms with Gasteiger partial charge in [-0.25, -0.2) is 0 Å². The van der Waals surface area contributed by atoms with Crippen LogP contribution in [0, 0.1) is 0 Å². The van der Waals surface area contributed by atoms with E-state index in [4.69, 9.17) is 11.6 Å². The molecule has 1 saturated heterocycles. The fourth-order valence-electron chi connectivity index (χ4n) is 1.81. The molecule has 3 nitrogen and oxygen atoms in total. The fourth-order valence-corrected chi connectivity index (χ4v) is 2.08. The van der Waals surface area contributed by atoms with E-state index in [-0.39, 0.29) is 17.1 Å². The molecule has 0 spiro atoms. The summed E-state index contributed by atoms with van der Waals surface area (Å²) in [5.41, 5.74) is 1.36. The minimum atomic E-state index is -0.131. The van der Waals surface area contributed by atoms with Gasteiger partial charge >= 0.3 is 0 Å². The molecular weight excluding hydrogens is 226 g/mol. The summed E-state index contributed by atoms with van der Waals surface area (Å²) in [6.07, 6.45) is 0.367. The van der Waals surface area contributed by atoms with E-state index in [2.05, 4.69) is 0 Å². The number of halogens is 1. The minimum Gasteiger partial charge on any atom is -0.311 e. The minimum absolute atomic E-state index is 0.00378. The fraction of sp³-hybridized carbons (Fsp3) is 0.333. The molecule has 1 heterocycles. The van der Waals surface area contributed by atoms with Gasteiger partial charge in [0.15, 0.2) is 5.78 Å². The Balaban J connectivity index is 2.30. The van der Waals surface area contributed by atoms with E-state index in [0.717, 1.165) is 5.69 Å². The number of carbonyl (C=O) groups excluding carboxylic acids is 2. The first-order valence-electron chi connectivity index (χ1n) is 5.13. The third kappa shape index (κ3) is 2.09. The normalized spacial score (nSPS) is 20.2. The first-order valence-corrected chi connectivity index (χ1v) is 5.57. The SMILES string of the molecule is CC(=O)c1cccc(N2CC(Cl)CC2=O)c1. The molecule has 1 aromatic rings. The van der Waals surface area contributed by atoms with Crippen molar-refractivity contribution in [1.82, 2.24) is 0 Å². The predicted octanol–water partition coefficient (Wildman–Crippen LogP) is 2.23. The van der Waals surface area contributed by atoms with Gasteiger partial charge in [-0.2, -0.15) is 0 Å². The van der Waals surface area contributed by atoms with E-state index in [1.165, 1.54) is 6.92 Å². The summed E-state index contributed by atoms with van der Waals surface area (Å²) in [5.74, 6) is 0.0108. The van der Waals surface area contributed by atoms with Gasteiger partial charge in [-0.1, -0.05) is 12.1 Å². The largest absolute Gasteiger partial charge is 0.311 e. The van der Waals surface area contributed by atoms with Gasteiger partial charge in [0.1, 0.15) is 0 Å². The highest BCUT2D eigenvalue weighted by Gasteiger charge is 2.29. The molecule has 1 aromatic carbocycles. The first kappa shape index (κ1) is 11.1. The molecular formula is C12H12ClNO2. The number of hydrogen-bond donors (Lipinski definition) is 0. The van der Waals surface area contributed by atoms with Crippen LogP contribution in [0.1, 0.15) is 23.7 Å². The van der Waals surface area contributed by atoms with Crippen LogP contribution in [0.15, 0.2) is 24.3 Å². The Bertz CT molecular complexity index is 444. The number of hydrogen-bond acceptors (Lipinski definition) is 2. The van der Waals surface area contributed by atoms with Crippen LogP contribution < -0.4 is 4.90 Å². The van der Waals surface area contributed by atoms with Crippen molar-refractivity contribution in [3.05, 3.63) is 29.8 Å². The molecule has 0 aliphatic carbocycles. The first-order chi connectivity index (χ1) is 7.58. The molecule has 0 radical (unpaired) electrons. The van der Waals surface area contributed by atoms with Crippen LogP contribution in [0.4, 0.5) is 5.69 Å². The number of ketones is 1. The number of carbonyl (C=O) groups is 2. The molecule has 0 aromatic heterocycles. The summed E-state index contributed by atoms with van der Waals surface area (Å²) in [6.45, 7) is 2.02. The van der Waals surface area contributed by atoms with Crippen molar-refractivity contribution in [3.63, 3.8) is 0 Å². The van der Waals surface area contributed by atoms with Crippen LogP contribution in [0.5, 0.6) is 0 Å². The number of Topliss-reactive ketones (excluding diaryl/α,β-unsaturated/α-hetero) is 1. The Morgan fingerprint density at radius 2 is 2.25 bits per heavy atom. The molecule has 1 aliphatic heterocycles. The predicted molar refractivity (Wildman–Crippen MR) is 63.1 cm³/mol. The molecule has 2 rings (SSSR count). The summed E-state index contributed by atoms with van der Waals surface area (Å²) in [5, 5.41) is -0.131. The van der Waals surface area contributed by atoms with E-state index >= 15 is 0 Å². The lowest BCUT2D eigenvalue weighted by Gasteiger charge is -2.16. The zero-order chi connectivity index (χ0) is 11.7. The maximum atomic E-state index is 11.6. The molecule has 1 aliphatic rings. The van der Waals surface area contributed by atoms with Gasteiger partial charge < -0.3 is 4.90 Å². The highest BCUT2D eigenvalue weighted by molar-refractivity contribution is 6.24. The highest BCUT2D eigenvalue weighted by Crippen LogP contribution is 2.24. The highest BCUT2D eigenvalue weighted by atomic mass is 35.5. The summed E-state index contributed by atoms with van der Waals surface area (Å²) >= 11 is 5.92. The lowest BCUT2D eigenvalue weighted by atomic mass is 10.1. The Kier molecular flexibility index (Phi) is 2.97. The number of rotatable bonds is 2. The van der Waals surface area contributed by atoms with Gasteiger partial charge in [-0.15, -0.1) is 11.6 Å². The van der Waals surface area contributed by atoms with Crippen LogP contribution in [0.3, 0.4) is 0 Å². The molecule has 0 N–H and O–H groups in total. The van der Waals surface area contributed by atoms with Crippen LogP contribution in [0.2, 0.25) is 0 Å². The Morgan fingerprint density at radius 3 is 2.81 bits per heavy atom. The smallest absolute Gasteiger partial charge is 0.228 e. The Labute approximate surface area is 99.0 Å². The van der Waals surface area contributed by atoms with Crippen LogP contribution >= 0.6 is 11.6 Å². The maximum absolute atomic E-state index is 11.6. The van der Waals surface area contributed by atoms with E-state index in [9.17, 15) is 9.59 Å². The van der Waals surface area contributed by atoms with Crippen molar-refractivity contribution in [2.24, 2.45) is 0 Å². The molecule has 1 unspecified atom stereocenters. The summed E-state index contributed by atoms with van der Waals surface area (Å²) < 4.78 is 0. The van der Waals surface area contributed by atoms with Crippen molar-refractivity contribution in [3.8, 4) is 0 Å². The van der Waals surface area contributed by atoms with Crippen molar-refractivity contribution < 1.29 is 9.59 Å². The molecule has 84 valence electrons. The van der Waals surface area contributed by atoms with Crippen LogP contribution in [-0.4, -0.2) is 23.6 Å². The zero-order valence-corrected chi connectivity index (χ0v) is 9.70. The molecule has 4 heteroatoms. The van der Waals surface area contributed by atoms with Gasteiger partial charge in [-0.05, 0) is 19.1 Å². The average Bonchev–Trinajstić information content (AvgIpc) is 2.58. The molecule has 0 bridgehead atoms. The standard InChI is InChI=1S/C12H12ClNO2/c1-8(15)9-3-2-4-11(5-9)14-7-10(13)6-12(14)16/h2-5,10H,6-7H2,1H3. The molecule has 16 heavy (non-hydrogen) atoms. The van der Waals surface area contributed by atoms with E-state index in [1.807, 2.05) is 6.07 Å². The Morgan fingerprint density at radius 1 is 1.50 bits per heavy atom. The number of nitrogens with zero attached hydrogens (tertiary/aromatic N) is 1. The monoisotopic (exact) mass is 237 g/mol. The van der Waals surface area contributed by atoms with Crippen LogP contribution in [0.25, 0.3) is 0 Å². The summed E-state index contributed by atoms with van der Waals surface area (Å²) in [4.78, 5) is 24.5. The topological polar surface area (TPSA) is 37.4 Å². The maximum Gasteiger partial charge on any atom is 0.228 e. The summed E-state index contributed by atoms with van der Waals surface area (Å²) in [7, 11) is 0. The Hall–Kier alpha value is -1.35. The number of benzene rings is 1. The van der Waals surface area contributed by atoms with Crippen molar-refractivity contribution >= 4 is 29.0 Å². The van der Waals surface area contributed by atoms with E-state index < -0.39 is 0 Å². The second kappa shape index (κ2) is 4.26. The second-order valence-corrected chi connectivity index (χ2v) is 4.53. The van der Waals surface area contributed by atoms with Gasteiger partial charge in [0.25, 0.3) is 0 Å². The lowest BCUT2D eigenvalue weighted by Crippen LogP contribution is -2.24. The second-order valence-electron chi connectivity index (χ2n) is 3.91. The quantitative estimate of drug-likeness (QED) is 0.584. The third-order valence-corrected chi connectivity index (χ3v) is 2.93. The van der Waals surface area contributed by atoms with Gasteiger partial charge in [0, 0.05) is 24.2 Å². The molecule has 1 amide bonds. The molecule has 0 saturated carbocycles. The molecule has 1 fully saturated rings. The van der Waals surface area contributed by atoms with Crippen LogP contribution in [-0.2, 0) is 4.79 Å². The van der Waals surface area contributed by atoms with E-state index in [0.29, 0.717) is 18.5 Å². The zero-order valence-electron chi connectivity index (χ0n) is 8.94. The van der Waals surface area contributed by atoms with Gasteiger partial charge in [0.2, 0.25) is 5.91 Å². The summed E-state index contributed by atoms with van der Waals surface area (Å²) in [6, 6.07) is 7.07. The number of alkyl halides is 1. The van der Waals surface area contributed by atoms with Crippen molar-refractivity contribution in [2.75, 3.05) is 11.4 Å². The van der Waals surface area contributed by atoms with Gasteiger partial charge in [0.05, 0.1) is 5.38 Å². The lowest BCUT2D eigenvalue weighted by molar-refractivity contribution is -0.117. The number of amides is 1. The van der Waals surface area contributed by atoms with E-state index in [1.54, 1.807) is 23.1 Å². The molecule has 1 atom stereocenters. The number of anilines is 1. The third-order valence-electron chi connectivity index (χ3n) is 2.64. The van der Waals surface area contributed by atoms with Crippen molar-refractivity contribution in [1.29, 1.82) is 0 Å². The average molecular weight is 238 g/mol. The van der Waals surface area contributed by atoms with Crippen molar-refractivity contribution in [2.45, 2.75) is 18.7 Å². The van der Waals surface area contributed by atoms with Gasteiger partial charge in [-0.3, -0.25) is 9.59 Å².